The number of nitrogens with one attached hydrogen (secondary N) is 1. The normalized spacial score (nSPS) is 27.2. The van der Waals surface area contributed by atoms with Gasteiger partial charge in [-0.05, 0) is 11.8 Å². The number of rotatable bonds is 4. The van der Waals surface area contributed by atoms with Gasteiger partial charge in [-0.1, -0.05) is 19.3 Å². The smallest absolute Gasteiger partial charge is 0.0474 e. The Labute approximate surface area is 86.5 Å². The molecule has 3 nitrogen and oxygen atoms in total. The van der Waals surface area contributed by atoms with Gasteiger partial charge in [0.2, 0.25) is 0 Å². The van der Waals surface area contributed by atoms with Crippen LogP contribution >= 0.6 is 0 Å². The van der Waals surface area contributed by atoms with Crippen molar-refractivity contribution >= 4 is 0 Å². The van der Waals surface area contributed by atoms with Crippen LogP contribution in [0, 0.1) is 11.8 Å². The van der Waals surface area contributed by atoms with Crippen LogP contribution in [-0.4, -0.2) is 49.3 Å². The van der Waals surface area contributed by atoms with E-state index in [4.69, 9.17) is 0 Å². The maximum atomic E-state index is 9.35. The molecule has 1 heterocycles. The van der Waals surface area contributed by atoms with Crippen LogP contribution in [0.1, 0.15) is 19.3 Å². The van der Waals surface area contributed by atoms with Gasteiger partial charge in [0.15, 0.2) is 0 Å². The van der Waals surface area contributed by atoms with E-state index in [0.717, 1.165) is 38.6 Å². The van der Waals surface area contributed by atoms with Crippen molar-refractivity contribution in [1.82, 2.24) is 10.2 Å². The van der Waals surface area contributed by atoms with Gasteiger partial charge in [0.25, 0.3) is 0 Å². The Kier molecular flexibility index (Phi) is 3.79. The lowest BCUT2D eigenvalue weighted by Crippen LogP contribution is -2.47. The summed E-state index contributed by atoms with van der Waals surface area (Å²) in [6, 6.07) is 0. The molecule has 1 atom stereocenters. The second-order valence-electron chi connectivity index (χ2n) is 4.68. The lowest BCUT2D eigenvalue weighted by Gasteiger charge is -2.37. The van der Waals surface area contributed by atoms with Crippen molar-refractivity contribution in [2.75, 3.05) is 39.3 Å². The van der Waals surface area contributed by atoms with Crippen molar-refractivity contribution in [1.29, 1.82) is 0 Å². The highest BCUT2D eigenvalue weighted by Crippen LogP contribution is 2.33. The third-order valence-corrected chi connectivity index (χ3v) is 3.75. The highest BCUT2D eigenvalue weighted by molar-refractivity contribution is 4.80. The van der Waals surface area contributed by atoms with Gasteiger partial charge in [-0.15, -0.1) is 0 Å². The molecule has 0 amide bonds. The zero-order valence-corrected chi connectivity index (χ0v) is 8.91. The molecule has 0 aromatic heterocycles. The van der Waals surface area contributed by atoms with Crippen molar-refractivity contribution in [2.45, 2.75) is 19.3 Å². The molecule has 0 bridgehead atoms. The Balaban J connectivity index is 1.74. The number of nitrogens with zero attached hydrogens (tertiary/aromatic N) is 1. The van der Waals surface area contributed by atoms with Gasteiger partial charge >= 0.3 is 0 Å². The van der Waals surface area contributed by atoms with Crippen LogP contribution in [0.25, 0.3) is 0 Å². The molecule has 0 spiro atoms. The molecule has 2 aliphatic rings. The monoisotopic (exact) mass is 198 g/mol. The second kappa shape index (κ2) is 5.10. The van der Waals surface area contributed by atoms with Crippen LogP contribution in [0.15, 0.2) is 0 Å². The lowest BCUT2D eigenvalue weighted by molar-refractivity contribution is 0.0797. The maximum Gasteiger partial charge on any atom is 0.0474 e. The summed E-state index contributed by atoms with van der Waals surface area (Å²) in [5.41, 5.74) is 0. The first-order valence-corrected chi connectivity index (χ1v) is 5.94. The van der Waals surface area contributed by atoms with Crippen LogP contribution in [0.4, 0.5) is 0 Å². The molecule has 1 aliphatic carbocycles. The summed E-state index contributed by atoms with van der Waals surface area (Å²) in [4.78, 5) is 2.50. The Hall–Kier alpha value is -0.120. The van der Waals surface area contributed by atoms with Crippen LogP contribution in [0.2, 0.25) is 0 Å². The van der Waals surface area contributed by atoms with Crippen molar-refractivity contribution in [3.05, 3.63) is 0 Å². The molecule has 0 aromatic carbocycles. The van der Waals surface area contributed by atoms with Gasteiger partial charge in [-0.2, -0.15) is 0 Å². The van der Waals surface area contributed by atoms with Crippen LogP contribution in [0.5, 0.6) is 0 Å². The highest BCUT2D eigenvalue weighted by atomic mass is 16.3. The van der Waals surface area contributed by atoms with E-state index in [0.29, 0.717) is 12.5 Å². The quantitative estimate of drug-likeness (QED) is 0.682. The van der Waals surface area contributed by atoms with Crippen LogP contribution < -0.4 is 5.32 Å². The molecular formula is C11H22N2O. The van der Waals surface area contributed by atoms with Crippen molar-refractivity contribution in [3.63, 3.8) is 0 Å². The Morgan fingerprint density at radius 1 is 1.29 bits per heavy atom. The van der Waals surface area contributed by atoms with Crippen LogP contribution in [0.3, 0.4) is 0 Å². The SMILES string of the molecule is OCC(CN1CCNCC1)C1CCC1. The fourth-order valence-electron chi connectivity index (χ4n) is 2.49. The third kappa shape index (κ3) is 2.47. The van der Waals surface area contributed by atoms with Gasteiger partial charge in [-0.25, -0.2) is 0 Å². The summed E-state index contributed by atoms with van der Waals surface area (Å²) in [6.45, 7) is 6.04. The molecule has 3 heteroatoms. The predicted octanol–water partition coefficient (Wildman–Crippen LogP) is 0.300. The standard InChI is InChI=1S/C11H22N2O/c14-9-11(10-2-1-3-10)8-13-6-4-12-5-7-13/h10-12,14H,1-9H2. The zero-order chi connectivity index (χ0) is 9.80. The first kappa shape index (κ1) is 10.4. The van der Waals surface area contributed by atoms with Crippen molar-refractivity contribution in [2.24, 2.45) is 11.8 Å². The van der Waals surface area contributed by atoms with Gasteiger partial charge < -0.3 is 15.3 Å². The molecule has 14 heavy (non-hydrogen) atoms. The molecule has 0 aromatic rings. The van der Waals surface area contributed by atoms with Crippen LogP contribution in [-0.2, 0) is 0 Å². The van der Waals surface area contributed by atoms with Gasteiger partial charge in [0.1, 0.15) is 0 Å². The van der Waals surface area contributed by atoms with Gasteiger partial charge in [0, 0.05) is 39.3 Å². The molecule has 2 N–H and O–H groups in total. The molecule has 2 fully saturated rings. The molecule has 2 rings (SSSR count). The van der Waals surface area contributed by atoms with E-state index in [9.17, 15) is 5.11 Å². The summed E-state index contributed by atoms with van der Waals surface area (Å²) in [5, 5.41) is 12.7. The van der Waals surface area contributed by atoms with Gasteiger partial charge in [-0.3, -0.25) is 0 Å². The average Bonchev–Trinajstić information content (AvgIpc) is 2.15. The van der Waals surface area contributed by atoms with E-state index in [2.05, 4.69) is 10.2 Å². The number of aliphatic hydroxyl groups excluding tert-OH is 1. The molecule has 0 radical (unpaired) electrons. The van der Waals surface area contributed by atoms with E-state index in [1.165, 1.54) is 19.3 Å². The minimum Gasteiger partial charge on any atom is -0.396 e. The summed E-state index contributed by atoms with van der Waals surface area (Å²) in [7, 11) is 0. The molecule has 1 saturated heterocycles. The molecule has 1 saturated carbocycles. The van der Waals surface area contributed by atoms with E-state index in [-0.39, 0.29) is 0 Å². The Bertz CT molecular complexity index is 165. The number of hydrogen-bond donors (Lipinski definition) is 2. The first-order chi connectivity index (χ1) is 6.90. The predicted molar refractivity (Wildman–Crippen MR) is 57.2 cm³/mol. The zero-order valence-electron chi connectivity index (χ0n) is 8.91. The highest BCUT2D eigenvalue weighted by Gasteiger charge is 2.28. The number of hydrogen-bond acceptors (Lipinski definition) is 3. The van der Waals surface area contributed by atoms with E-state index < -0.39 is 0 Å². The van der Waals surface area contributed by atoms with Crippen molar-refractivity contribution < 1.29 is 5.11 Å². The van der Waals surface area contributed by atoms with Crippen molar-refractivity contribution in [3.8, 4) is 0 Å². The topological polar surface area (TPSA) is 35.5 Å². The third-order valence-electron chi connectivity index (χ3n) is 3.75. The molecule has 1 unspecified atom stereocenters. The molecule has 1 aliphatic heterocycles. The Morgan fingerprint density at radius 2 is 2.00 bits per heavy atom. The summed E-state index contributed by atoms with van der Waals surface area (Å²) < 4.78 is 0. The largest absolute Gasteiger partial charge is 0.396 e. The summed E-state index contributed by atoms with van der Waals surface area (Å²) >= 11 is 0. The van der Waals surface area contributed by atoms with Gasteiger partial charge in [0.05, 0.1) is 0 Å². The fraction of sp³-hybridized carbons (Fsp3) is 1.00. The second-order valence-corrected chi connectivity index (χ2v) is 4.68. The molecule has 82 valence electrons. The Morgan fingerprint density at radius 3 is 2.50 bits per heavy atom. The fourth-order valence-corrected chi connectivity index (χ4v) is 2.49. The molecular weight excluding hydrogens is 176 g/mol. The number of piperazine rings is 1. The van der Waals surface area contributed by atoms with E-state index >= 15 is 0 Å². The average molecular weight is 198 g/mol. The summed E-state index contributed by atoms with van der Waals surface area (Å²) in [6.07, 6.45) is 4.07. The maximum absolute atomic E-state index is 9.35. The number of aliphatic hydroxyl groups is 1. The first-order valence-electron chi connectivity index (χ1n) is 5.94. The minimum atomic E-state index is 0.384. The van der Waals surface area contributed by atoms with E-state index in [1.54, 1.807) is 0 Å². The van der Waals surface area contributed by atoms with E-state index in [1.807, 2.05) is 0 Å². The minimum absolute atomic E-state index is 0.384. The lowest BCUT2D eigenvalue weighted by atomic mass is 9.76. The summed E-state index contributed by atoms with van der Waals surface area (Å²) in [5.74, 6) is 1.36.